The third-order valence-electron chi connectivity index (χ3n) is 3.57. The van der Waals surface area contributed by atoms with E-state index in [1.54, 1.807) is 4.68 Å². The molecule has 0 unspecified atom stereocenters. The quantitative estimate of drug-likeness (QED) is 0.907. The summed E-state index contributed by atoms with van der Waals surface area (Å²) in [5.74, 6) is 0.319. The van der Waals surface area contributed by atoms with Crippen molar-refractivity contribution < 1.29 is 4.79 Å². The van der Waals surface area contributed by atoms with E-state index in [1.165, 1.54) is 5.56 Å². The van der Waals surface area contributed by atoms with Gasteiger partial charge in [0.15, 0.2) is 0 Å². The molecule has 112 valence electrons. The minimum atomic E-state index is -0.110. The molecule has 21 heavy (non-hydrogen) atoms. The largest absolute Gasteiger partial charge is 0.396 e. The third-order valence-corrected chi connectivity index (χ3v) is 3.57. The van der Waals surface area contributed by atoms with Crippen molar-refractivity contribution >= 4 is 17.3 Å². The van der Waals surface area contributed by atoms with Crippen molar-refractivity contribution in [1.29, 1.82) is 0 Å². The maximum Gasteiger partial charge on any atom is 0.246 e. The molecule has 1 aromatic carbocycles. The second-order valence-corrected chi connectivity index (χ2v) is 5.57. The average molecular weight is 286 g/mol. The van der Waals surface area contributed by atoms with Crippen LogP contribution < -0.4 is 11.1 Å². The minimum Gasteiger partial charge on any atom is -0.396 e. The molecule has 0 atom stereocenters. The molecule has 0 aliphatic carbocycles. The predicted molar refractivity (Wildman–Crippen MR) is 85.3 cm³/mol. The first-order valence-electron chi connectivity index (χ1n) is 7.07. The first kappa shape index (κ1) is 15.1. The predicted octanol–water partition coefficient (Wildman–Crippen LogP) is 2.84. The first-order chi connectivity index (χ1) is 9.88. The Morgan fingerprint density at radius 1 is 1.38 bits per heavy atom. The standard InChI is InChI=1S/C16H22N4O/c1-10(2)13-6-5-7-14(8-13)18-15(21)9-20-12(4)16(17)11(3)19-20/h5-8,10H,9,17H2,1-4H3,(H,18,21). The molecular formula is C16H22N4O. The number of nitrogen functional groups attached to an aromatic ring is 1. The Balaban J connectivity index is 2.08. The van der Waals surface area contributed by atoms with Crippen LogP contribution >= 0.6 is 0 Å². The molecule has 2 rings (SSSR count). The van der Waals surface area contributed by atoms with Gasteiger partial charge in [0, 0.05) is 5.69 Å². The van der Waals surface area contributed by atoms with E-state index in [9.17, 15) is 4.79 Å². The molecule has 0 aliphatic rings. The molecule has 5 nitrogen and oxygen atoms in total. The van der Waals surface area contributed by atoms with Crippen LogP contribution in [0.15, 0.2) is 24.3 Å². The summed E-state index contributed by atoms with van der Waals surface area (Å²) >= 11 is 0. The number of hydrogen-bond donors (Lipinski definition) is 2. The summed E-state index contributed by atoms with van der Waals surface area (Å²) in [5, 5.41) is 7.17. The van der Waals surface area contributed by atoms with Crippen molar-refractivity contribution in [3.8, 4) is 0 Å². The lowest BCUT2D eigenvalue weighted by Crippen LogP contribution is -2.20. The molecule has 0 saturated carbocycles. The lowest BCUT2D eigenvalue weighted by Gasteiger charge is -2.10. The Morgan fingerprint density at radius 3 is 2.67 bits per heavy atom. The fourth-order valence-electron chi connectivity index (χ4n) is 2.18. The number of nitrogens with two attached hydrogens (primary N) is 1. The molecule has 0 bridgehead atoms. The van der Waals surface area contributed by atoms with Crippen LogP contribution in [-0.4, -0.2) is 15.7 Å². The zero-order valence-electron chi connectivity index (χ0n) is 13.0. The highest BCUT2D eigenvalue weighted by molar-refractivity contribution is 5.90. The van der Waals surface area contributed by atoms with Gasteiger partial charge in [0.25, 0.3) is 0 Å². The second kappa shape index (κ2) is 5.99. The molecule has 1 aromatic heterocycles. The van der Waals surface area contributed by atoms with Crippen molar-refractivity contribution in [2.45, 2.75) is 40.2 Å². The molecule has 0 radical (unpaired) electrons. The van der Waals surface area contributed by atoms with Crippen LogP contribution in [0.2, 0.25) is 0 Å². The monoisotopic (exact) mass is 286 g/mol. The fourth-order valence-corrected chi connectivity index (χ4v) is 2.18. The molecular weight excluding hydrogens is 264 g/mol. The lowest BCUT2D eigenvalue weighted by molar-refractivity contribution is -0.116. The molecule has 3 N–H and O–H groups in total. The van der Waals surface area contributed by atoms with Gasteiger partial charge in [-0.25, -0.2) is 0 Å². The van der Waals surface area contributed by atoms with E-state index >= 15 is 0 Å². The number of hydrogen-bond acceptors (Lipinski definition) is 3. The average Bonchev–Trinajstić information content (AvgIpc) is 2.66. The number of carbonyl (C=O) groups is 1. The topological polar surface area (TPSA) is 72.9 Å². The van der Waals surface area contributed by atoms with Gasteiger partial charge in [-0.05, 0) is 37.5 Å². The number of amides is 1. The van der Waals surface area contributed by atoms with Gasteiger partial charge < -0.3 is 11.1 Å². The number of nitrogens with one attached hydrogen (secondary N) is 1. The fraction of sp³-hybridized carbons (Fsp3) is 0.375. The van der Waals surface area contributed by atoms with Crippen LogP contribution in [0.1, 0.15) is 36.7 Å². The maximum atomic E-state index is 12.1. The lowest BCUT2D eigenvalue weighted by atomic mass is 10.0. The van der Waals surface area contributed by atoms with Crippen LogP contribution in [0.3, 0.4) is 0 Å². The summed E-state index contributed by atoms with van der Waals surface area (Å²) in [6.07, 6.45) is 0. The minimum absolute atomic E-state index is 0.110. The zero-order chi connectivity index (χ0) is 15.6. The Hall–Kier alpha value is -2.30. The highest BCUT2D eigenvalue weighted by Gasteiger charge is 2.11. The molecule has 5 heteroatoms. The molecule has 0 fully saturated rings. The van der Waals surface area contributed by atoms with Gasteiger partial charge in [-0.3, -0.25) is 9.48 Å². The van der Waals surface area contributed by atoms with Gasteiger partial charge in [0.05, 0.1) is 17.1 Å². The van der Waals surface area contributed by atoms with E-state index < -0.39 is 0 Å². The number of anilines is 2. The van der Waals surface area contributed by atoms with Crippen molar-refractivity contribution in [1.82, 2.24) is 9.78 Å². The molecule has 1 heterocycles. The summed E-state index contributed by atoms with van der Waals surface area (Å²) < 4.78 is 1.63. The summed E-state index contributed by atoms with van der Waals surface area (Å²) in [6.45, 7) is 8.11. The highest BCUT2D eigenvalue weighted by atomic mass is 16.2. The van der Waals surface area contributed by atoms with Crippen molar-refractivity contribution in [3.05, 3.63) is 41.2 Å². The van der Waals surface area contributed by atoms with E-state index in [1.807, 2.05) is 32.0 Å². The number of aryl methyl sites for hydroxylation is 1. The Bertz CT molecular complexity index is 658. The van der Waals surface area contributed by atoms with Crippen LogP contribution in [0.5, 0.6) is 0 Å². The Labute approximate surface area is 125 Å². The SMILES string of the molecule is Cc1nn(CC(=O)Nc2cccc(C(C)C)c2)c(C)c1N. The van der Waals surface area contributed by atoms with E-state index in [0.29, 0.717) is 11.6 Å². The highest BCUT2D eigenvalue weighted by Crippen LogP contribution is 2.19. The van der Waals surface area contributed by atoms with Crippen LogP contribution in [-0.2, 0) is 11.3 Å². The second-order valence-electron chi connectivity index (χ2n) is 5.57. The van der Waals surface area contributed by atoms with Gasteiger partial charge in [-0.2, -0.15) is 5.10 Å². The Kier molecular flexibility index (Phi) is 4.31. The molecule has 0 saturated heterocycles. The molecule has 0 aliphatic heterocycles. The van der Waals surface area contributed by atoms with Gasteiger partial charge >= 0.3 is 0 Å². The van der Waals surface area contributed by atoms with Crippen LogP contribution in [0, 0.1) is 13.8 Å². The Morgan fingerprint density at radius 2 is 2.10 bits per heavy atom. The van der Waals surface area contributed by atoms with E-state index in [-0.39, 0.29) is 12.5 Å². The summed E-state index contributed by atoms with van der Waals surface area (Å²) in [5.41, 5.74) is 10.1. The third kappa shape index (κ3) is 3.42. The summed E-state index contributed by atoms with van der Waals surface area (Å²) in [7, 11) is 0. The number of aromatic nitrogens is 2. The van der Waals surface area contributed by atoms with Gasteiger partial charge in [-0.15, -0.1) is 0 Å². The van der Waals surface area contributed by atoms with Crippen LogP contribution in [0.4, 0.5) is 11.4 Å². The number of benzene rings is 1. The summed E-state index contributed by atoms with van der Waals surface area (Å²) in [6, 6.07) is 7.89. The first-order valence-corrected chi connectivity index (χ1v) is 7.07. The van der Waals surface area contributed by atoms with Gasteiger partial charge in [-0.1, -0.05) is 26.0 Å². The summed E-state index contributed by atoms with van der Waals surface area (Å²) in [4.78, 5) is 12.1. The van der Waals surface area contributed by atoms with Crippen molar-refractivity contribution in [2.24, 2.45) is 0 Å². The van der Waals surface area contributed by atoms with E-state index in [4.69, 9.17) is 5.73 Å². The number of nitrogens with zero attached hydrogens (tertiary/aromatic N) is 2. The van der Waals surface area contributed by atoms with Crippen molar-refractivity contribution in [2.75, 3.05) is 11.1 Å². The molecule has 1 amide bonds. The maximum absolute atomic E-state index is 12.1. The van der Waals surface area contributed by atoms with E-state index in [0.717, 1.165) is 17.1 Å². The van der Waals surface area contributed by atoms with Gasteiger partial charge in [0.1, 0.15) is 6.54 Å². The zero-order valence-corrected chi connectivity index (χ0v) is 13.0. The smallest absolute Gasteiger partial charge is 0.246 e. The van der Waals surface area contributed by atoms with E-state index in [2.05, 4.69) is 30.3 Å². The number of rotatable bonds is 4. The molecule has 0 spiro atoms. The van der Waals surface area contributed by atoms with Crippen molar-refractivity contribution in [3.63, 3.8) is 0 Å². The molecule has 2 aromatic rings. The van der Waals surface area contributed by atoms with Crippen LogP contribution in [0.25, 0.3) is 0 Å². The number of carbonyl (C=O) groups excluding carboxylic acids is 1. The normalized spacial score (nSPS) is 10.9. The van der Waals surface area contributed by atoms with Gasteiger partial charge in [0.2, 0.25) is 5.91 Å².